The first kappa shape index (κ1) is 11.9. The summed E-state index contributed by atoms with van der Waals surface area (Å²) in [5.41, 5.74) is 0. The number of hydrogen-bond donors (Lipinski definition) is 1. The van der Waals surface area contributed by atoms with Crippen LogP contribution in [0.4, 0.5) is 0 Å². The summed E-state index contributed by atoms with van der Waals surface area (Å²) in [5, 5.41) is 11.2. The first-order chi connectivity index (χ1) is 6.86. The lowest BCUT2D eigenvalue weighted by atomic mass is 10.6. The van der Waals surface area contributed by atoms with E-state index in [0.29, 0.717) is 6.54 Å². The van der Waals surface area contributed by atoms with Gasteiger partial charge in [-0.15, -0.1) is 16.6 Å². The number of nitrogens with one attached hydrogen (secondary N) is 1. The Bertz CT molecular complexity index is 305. The van der Waals surface area contributed by atoms with Crippen LogP contribution in [0.5, 0.6) is 0 Å². The third-order valence-electron chi connectivity index (χ3n) is 1.29. The van der Waals surface area contributed by atoms with Crippen molar-refractivity contribution < 1.29 is 0 Å². The number of nitrogens with zero attached hydrogens (tertiary/aromatic N) is 2. The van der Waals surface area contributed by atoms with Crippen LogP contribution in [0.2, 0.25) is 0 Å². The Labute approximate surface area is 96.5 Å². The van der Waals surface area contributed by atoms with Crippen LogP contribution in [0.15, 0.2) is 8.68 Å². The molecule has 3 nitrogen and oxygen atoms in total. The van der Waals surface area contributed by atoms with E-state index >= 15 is 0 Å². The third kappa shape index (κ3) is 4.33. The minimum atomic E-state index is 0.632. The number of rotatable bonds is 6. The highest BCUT2D eigenvalue weighted by Gasteiger charge is 2.02. The van der Waals surface area contributed by atoms with E-state index in [1.807, 2.05) is 6.26 Å². The average Bonchev–Trinajstić information content (AvgIpc) is 2.65. The summed E-state index contributed by atoms with van der Waals surface area (Å²) in [6, 6.07) is 0. The van der Waals surface area contributed by atoms with Gasteiger partial charge in [-0.1, -0.05) is 40.8 Å². The van der Waals surface area contributed by atoms with Crippen LogP contribution in [0.3, 0.4) is 0 Å². The summed E-state index contributed by atoms with van der Waals surface area (Å²) in [6.07, 6.45) is 7.10. The van der Waals surface area contributed by atoms with Crippen LogP contribution in [-0.2, 0) is 0 Å². The highest BCUT2D eigenvalue weighted by atomic mass is 32.2. The molecule has 0 radical (unpaired) electrons. The van der Waals surface area contributed by atoms with Crippen molar-refractivity contribution in [3.05, 3.63) is 0 Å². The maximum absolute atomic E-state index is 5.10. The molecule has 1 heterocycles. The fourth-order valence-electron chi connectivity index (χ4n) is 0.709. The molecule has 0 amide bonds. The molecule has 0 spiro atoms. The molecular weight excluding hydrogens is 234 g/mol. The highest BCUT2D eigenvalue weighted by Crippen LogP contribution is 2.26. The summed E-state index contributed by atoms with van der Waals surface area (Å²) in [5.74, 6) is 3.51. The van der Waals surface area contributed by atoms with Crippen LogP contribution < -0.4 is 5.32 Å². The van der Waals surface area contributed by atoms with Crippen molar-refractivity contribution in [3.8, 4) is 12.3 Å². The Morgan fingerprint density at radius 2 is 2.29 bits per heavy atom. The third-order valence-corrected chi connectivity index (χ3v) is 4.33. The van der Waals surface area contributed by atoms with Gasteiger partial charge in [0, 0.05) is 12.3 Å². The Kier molecular flexibility index (Phi) is 6.03. The Balaban J connectivity index is 2.15. The molecule has 14 heavy (non-hydrogen) atoms. The molecule has 1 aromatic heterocycles. The molecule has 6 heteroatoms. The topological polar surface area (TPSA) is 37.8 Å². The van der Waals surface area contributed by atoms with Gasteiger partial charge < -0.3 is 5.32 Å². The maximum atomic E-state index is 5.10. The van der Waals surface area contributed by atoms with Gasteiger partial charge in [-0.05, 0) is 6.26 Å². The van der Waals surface area contributed by atoms with Gasteiger partial charge in [0.15, 0.2) is 8.68 Å². The summed E-state index contributed by atoms with van der Waals surface area (Å²) in [4.78, 5) is 0. The molecule has 0 saturated carbocycles. The van der Waals surface area contributed by atoms with Crippen molar-refractivity contribution in [2.45, 2.75) is 8.68 Å². The minimum absolute atomic E-state index is 0.632. The van der Waals surface area contributed by atoms with Gasteiger partial charge in [0.25, 0.3) is 0 Å². The van der Waals surface area contributed by atoms with E-state index in [4.69, 9.17) is 6.42 Å². The van der Waals surface area contributed by atoms with Gasteiger partial charge in [0.1, 0.15) is 0 Å². The Morgan fingerprint density at radius 1 is 1.50 bits per heavy atom. The molecule has 76 valence electrons. The van der Waals surface area contributed by atoms with E-state index in [9.17, 15) is 0 Å². The van der Waals surface area contributed by atoms with Crippen LogP contribution >= 0.6 is 34.9 Å². The molecule has 0 unspecified atom stereocenters. The molecule has 1 rings (SSSR count). The standard InChI is InChI=1S/C8H11N3S3/c1-3-4-9-5-6-13-8-11-10-7(12-2)14-8/h1,9H,4-6H2,2H3. The number of terminal acetylenes is 1. The molecule has 0 bridgehead atoms. The van der Waals surface area contributed by atoms with Crippen molar-refractivity contribution in [2.24, 2.45) is 0 Å². The SMILES string of the molecule is C#CCNCCSc1nnc(SC)s1. The lowest BCUT2D eigenvalue weighted by Gasteiger charge is -1.97. The van der Waals surface area contributed by atoms with E-state index < -0.39 is 0 Å². The quantitative estimate of drug-likeness (QED) is 0.468. The van der Waals surface area contributed by atoms with Crippen molar-refractivity contribution >= 4 is 34.9 Å². The molecule has 0 aromatic carbocycles. The molecule has 0 saturated heterocycles. The predicted molar refractivity (Wildman–Crippen MR) is 64.1 cm³/mol. The van der Waals surface area contributed by atoms with Crippen LogP contribution in [0.25, 0.3) is 0 Å². The fraction of sp³-hybridized carbons (Fsp3) is 0.500. The zero-order valence-corrected chi connectivity index (χ0v) is 10.3. The first-order valence-electron chi connectivity index (χ1n) is 4.01. The van der Waals surface area contributed by atoms with Gasteiger partial charge >= 0.3 is 0 Å². The van der Waals surface area contributed by atoms with Crippen LogP contribution in [-0.4, -0.2) is 35.3 Å². The first-order valence-corrected chi connectivity index (χ1v) is 7.04. The van der Waals surface area contributed by atoms with Crippen LogP contribution in [0.1, 0.15) is 0 Å². The molecule has 1 N–H and O–H groups in total. The zero-order chi connectivity index (χ0) is 10.2. The second kappa shape index (κ2) is 7.12. The van der Waals surface area contributed by atoms with E-state index in [2.05, 4.69) is 21.4 Å². The van der Waals surface area contributed by atoms with Crippen molar-refractivity contribution in [1.82, 2.24) is 15.5 Å². The van der Waals surface area contributed by atoms with Gasteiger partial charge in [0.05, 0.1) is 6.54 Å². The average molecular weight is 245 g/mol. The van der Waals surface area contributed by atoms with Crippen LogP contribution in [0, 0.1) is 12.3 Å². The summed E-state index contributed by atoms with van der Waals surface area (Å²) in [6.45, 7) is 1.54. The highest BCUT2D eigenvalue weighted by molar-refractivity contribution is 8.02. The Hall–Kier alpha value is -0.220. The van der Waals surface area contributed by atoms with E-state index in [-0.39, 0.29) is 0 Å². The molecule has 0 aliphatic heterocycles. The summed E-state index contributed by atoms with van der Waals surface area (Å²) >= 11 is 4.97. The largest absolute Gasteiger partial charge is 0.305 e. The van der Waals surface area contributed by atoms with E-state index in [1.54, 1.807) is 34.9 Å². The fourth-order valence-corrected chi connectivity index (χ4v) is 3.11. The number of thioether (sulfide) groups is 2. The molecule has 1 aromatic rings. The second-order valence-corrected chi connectivity index (χ2v) is 5.64. The number of hydrogen-bond acceptors (Lipinski definition) is 6. The minimum Gasteiger partial charge on any atom is -0.305 e. The lowest BCUT2D eigenvalue weighted by molar-refractivity contribution is 0.817. The van der Waals surface area contributed by atoms with Gasteiger partial charge in [-0.2, -0.15) is 0 Å². The number of aromatic nitrogens is 2. The van der Waals surface area contributed by atoms with Gasteiger partial charge in [-0.3, -0.25) is 0 Å². The van der Waals surface area contributed by atoms with E-state index in [0.717, 1.165) is 21.0 Å². The molecule has 0 aliphatic rings. The summed E-state index contributed by atoms with van der Waals surface area (Å²) in [7, 11) is 0. The summed E-state index contributed by atoms with van der Waals surface area (Å²) < 4.78 is 2.04. The monoisotopic (exact) mass is 245 g/mol. The molecule has 0 aliphatic carbocycles. The normalized spacial score (nSPS) is 10.0. The Morgan fingerprint density at radius 3 is 2.93 bits per heavy atom. The van der Waals surface area contributed by atoms with E-state index in [1.165, 1.54) is 0 Å². The molecule has 0 atom stereocenters. The molecule has 0 fully saturated rings. The maximum Gasteiger partial charge on any atom is 0.175 e. The zero-order valence-electron chi connectivity index (χ0n) is 7.82. The predicted octanol–water partition coefficient (Wildman–Crippen LogP) is 1.57. The van der Waals surface area contributed by atoms with Gasteiger partial charge in [-0.25, -0.2) is 0 Å². The second-order valence-electron chi connectivity index (χ2n) is 2.27. The van der Waals surface area contributed by atoms with Crippen molar-refractivity contribution in [3.63, 3.8) is 0 Å². The van der Waals surface area contributed by atoms with Crippen molar-refractivity contribution in [2.75, 3.05) is 25.1 Å². The van der Waals surface area contributed by atoms with Crippen molar-refractivity contribution in [1.29, 1.82) is 0 Å². The lowest BCUT2D eigenvalue weighted by Crippen LogP contribution is -2.16. The smallest absolute Gasteiger partial charge is 0.175 e. The molecular formula is C8H11N3S3. The van der Waals surface area contributed by atoms with Gasteiger partial charge in [0.2, 0.25) is 0 Å².